The first kappa shape index (κ1) is 27.0. The minimum Gasteiger partial charge on any atom is -0.389 e. The van der Waals surface area contributed by atoms with E-state index in [-0.39, 0.29) is 42.3 Å². The Bertz CT molecular complexity index is 1340. The molecule has 3 N–H and O–H groups in total. The van der Waals surface area contributed by atoms with Gasteiger partial charge in [0.05, 0.1) is 37.0 Å². The average Bonchev–Trinajstić information content (AvgIpc) is 2.83. The first-order valence-corrected chi connectivity index (χ1v) is 12.3. The van der Waals surface area contributed by atoms with Crippen LogP contribution < -0.4 is 16.1 Å². The maximum absolute atomic E-state index is 14.9. The minimum atomic E-state index is -2.89. The second-order valence-corrected chi connectivity index (χ2v) is 9.84. The van der Waals surface area contributed by atoms with Gasteiger partial charge in [-0.3, -0.25) is 4.79 Å². The predicted octanol–water partition coefficient (Wildman–Crippen LogP) is 3.79. The van der Waals surface area contributed by atoms with Crippen LogP contribution >= 0.6 is 0 Å². The fourth-order valence-corrected chi connectivity index (χ4v) is 4.63. The zero-order valence-electron chi connectivity index (χ0n) is 21.3. The second kappa shape index (κ2) is 10.8. The van der Waals surface area contributed by atoms with E-state index in [1.807, 2.05) is 18.4 Å². The summed E-state index contributed by atoms with van der Waals surface area (Å²) >= 11 is 0. The van der Waals surface area contributed by atoms with Gasteiger partial charge in [0.25, 0.3) is 5.92 Å². The second-order valence-electron chi connectivity index (χ2n) is 9.84. The Morgan fingerprint density at radius 1 is 1.32 bits per heavy atom. The molecule has 0 unspecified atom stereocenters. The molecule has 2 aromatic heterocycles. The molecule has 0 aliphatic carbocycles. The zero-order valence-corrected chi connectivity index (χ0v) is 21.3. The van der Waals surface area contributed by atoms with E-state index in [0.29, 0.717) is 40.8 Å². The number of aromatic nitrogens is 3. The Morgan fingerprint density at radius 3 is 2.76 bits per heavy atom. The minimum absolute atomic E-state index is 0.0366. The van der Waals surface area contributed by atoms with Crippen molar-refractivity contribution in [3.05, 3.63) is 51.7 Å². The average molecular weight is 520 g/mol. The van der Waals surface area contributed by atoms with Crippen LogP contribution in [0.5, 0.6) is 0 Å². The molecule has 2 atom stereocenters. The number of hydrogen-bond donors (Lipinski definition) is 3. The molecule has 1 fully saturated rings. The van der Waals surface area contributed by atoms with Crippen LogP contribution in [0.3, 0.4) is 0 Å². The van der Waals surface area contributed by atoms with Crippen LogP contribution in [0.2, 0.25) is 0 Å². The first-order chi connectivity index (χ1) is 17.5. The molecular formula is C26H32F3N5O3. The van der Waals surface area contributed by atoms with Crippen molar-refractivity contribution in [3.8, 4) is 11.3 Å². The van der Waals surface area contributed by atoms with E-state index in [0.717, 1.165) is 13.1 Å². The van der Waals surface area contributed by atoms with E-state index in [4.69, 9.17) is 4.74 Å². The van der Waals surface area contributed by atoms with Crippen molar-refractivity contribution in [2.45, 2.75) is 64.8 Å². The van der Waals surface area contributed by atoms with Gasteiger partial charge in [0, 0.05) is 48.3 Å². The molecule has 8 nitrogen and oxygen atoms in total. The Labute approximate surface area is 212 Å². The van der Waals surface area contributed by atoms with Crippen LogP contribution in [-0.4, -0.2) is 57.5 Å². The third kappa shape index (κ3) is 5.94. The predicted molar refractivity (Wildman–Crippen MR) is 135 cm³/mol. The highest BCUT2D eigenvalue weighted by atomic mass is 19.3. The number of alkyl halides is 2. The summed E-state index contributed by atoms with van der Waals surface area (Å²) in [4.78, 5) is 21.6. The molecule has 1 aliphatic heterocycles. The summed E-state index contributed by atoms with van der Waals surface area (Å²) in [6, 6.07) is 4.50. The van der Waals surface area contributed by atoms with Crippen molar-refractivity contribution in [2.24, 2.45) is 0 Å². The summed E-state index contributed by atoms with van der Waals surface area (Å²) in [5, 5.41) is 16.4. The SMILES string of the molecule is Cc1c(CNCC(C)(F)F)n(C(C)C)c2cc(-c3nc(N[C@@H]4CCOC[C@H]4O)ncc3F)ccc2c1=O. The Kier molecular flexibility index (Phi) is 7.86. The summed E-state index contributed by atoms with van der Waals surface area (Å²) < 4.78 is 48.8. The van der Waals surface area contributed by atoms with Crippen LogP contribution in [0.15, 0.2) is 29.2 Å². The van der Waals surface area contributed by atoms with Crippen molar-refractivity contribution in [3.63, 3.8) is 0 Å². The highest BCUT2D eigenvalue weighted by Crippen LogP contribution is 2.28. The molecule has 1 aliphatic rings. The van der Waals surface area contributed by atoms with Crippen molar-refractivity contribution in [1.29, 1.82) is 0 Å². The van der Waals surface area contributed by atoms with Crippen LogP contribution in [-0.2, 0) is 11.3 Å². The van der Waals surface area contributed by atoms with E-state index >= 15 is 0 Å². The molecule has 0 spiro atoms. The number of rotatable bonds is 8. The lowest BCUT2D eigenvalue weighted by Crippen LogP contribution is -2.42. The highest BCUT2D eigenvalue weighted by molar-refractivity contribution is 5.85. The molecule has 1 saturated heterocycles. The lowest BCUT2D eigenvalue weighted by atomic mass is 10.0. The lowest BCUT2D eigenvalue weighted by Gasteiger charge is -2.28. The van der Waals surface area contributed by atoms with E-state index < -0.39 is 24.4 Å². The lowest BCUT2D eigenvalue weighted by molar-refractivity contribution is -0.0136. The molecule has 0 radical (unpaired) electrons. The molecule has 11 heteroatoms. The van der Waals surface area contributed by atoms with Gasteiger partial charge in [0.15, 0.2) is 11.2 Å². The van der Waals surface area contributed by atoms with Gasteiger partial charge in [-0.15, -0.1) is 0 Å². The number of hydrogen-bond acceptors (Lipinski definition) is 7. The fraction of sp³-hybridized carbons (Fsp3) is 0.500. The van der Waals surface area contributed by atoms with Gasteiger partial charge >= 0.3 is 0 Å². The number of benzene rings is 1. The normalized spacial score (nSPS) is 18.5. The van der Waals surface area contributed by atoms with Crippen LogP contribution in [0.25, 0.3) is 22.2 Å². The molecule has 200 valence electrons. The van der Waals surface area contributed by atoms with E-state index in [1.165, 1.54) is 0 Å². The maximum Gasteiger partial charge on any atom is 0.257 e. The molecule has 0 saturated carbocycles. The molecule has 37 heavy (non-hydrogen) atoms. The Hall–Kier alpha value is -3.02. The number of aliphatic hydroxyl groups excluding tert-OH is 1. The summed E-state index contributed by atoms with van der Waals surface area (Å²) in [6.07, 6.45) is 0.870. The van der Waals surface area contributed by atoms with Crippen molar-refractivity contribution in [1.82, 2.24) is 19.9 Å². The Balaban J connectivity index is 1.77. The van der Waals surface area contributed by atoms with Crippen LogP contribution in [0.4, 0.5) is 19.1 Å². The molecule has 1 aromatic carbocycles. The number of ether oxygens (including phenoxy) is 1. The number of nitrogens with one attached hydrogen (secondary N) is 2. The summed E-state index contributed by atoms with van der Waals surface area (Å²) in [5.74, 6) is -3.37. The highest BCUT2D eigenvalue weighted by Gasteiger charge is 2.25. The summed E-state index contributed by atoms with van der Waals surface area (Å²) in [7, 11) is 0. The van der Waals surface area contributed by atoms with Gasteiger partial charge in [-0.1, -0.05) is 6.07 Å². The number of nitrogens with zero attached hydrogens (tertiary/aromatic N) is 3. The molecule has 3 aromatic rings. The number of aliphatic hydroxyl groups is 1. The Morgan fingerprint density at radius 2 is 2.08 bits per heavy atom. The molecule has 3 heterocycles. The van der Waals surface area contributed by atoms with Crippen LogP contribution in [0, 0.1) is 12.7 Å². The van der Waals surface area contributed by atoms with Gasteiger partial charge < -0.3 is 25.0 Å². The standard InChI is InChI=1S/C26H32F3N5O3/c1-14(2)34-20-9-16(5-6-17(20)24(36)15(3)21(34)11-30-13-26(4,28)29)23-18(27)10-31-25(33-23)32-19-7-8-37-12-22(19)35/h5-6,9-10,14,19,22,30,35H,7-8,11-13H2,1-4H3,(H,31,32,33)/t19-,22-/m1/s1. The van der Waals surface area contributed by atoms with Gasteiger partial charge in [-0.05, 0) is 39.3 Å². The van der Waals surface area contributed by atoms with Gasteiger partial charge in [0.1, 0.15) is 5.69 Å². The third-order valence-electron chi connectivity index (χ3n) is 6.47. The third-order valence-corrected chi connectivity index (χ3v) is 6.47. The molecule has 4 rings (SSSR count). The number of halogens is 3. The first-order valence-electron chi connectivity index (χ1n) is 12.3. The summed E-state index contributed by atoms with van der Waals surface area (Å²) in [5.41, 5.74) is 1.87. The largest absolute Gasteiger partial charge is 0.389 e. The number of fused-ring (bicyclic) bond motifs is 1. The molecule has 0 amide bonds. The van der Waals surface area contributed by atoms with Gasteiger partial charge in [-0.25, -0.2) is 23.1 Å². The van der Waals surface area contributed by atoms with E-state index in [1.54, 1.807) is 25.1 Å². The van der Waals surface area contributed by atoms with Crippen molar-refractivity contribution >= 4 is 16.9 Å². The maximum atomic E-state index is 14.9. The van der Waals surface area contributed by atoms with Crippen molar-refractivity contribution in [2.75, 3.05) is 25.1 Å². The van der Waals surface area contributed by atoms with Crippen molar-refractivity contribution < 1.29 is 23.0 Å². The number of pyridine rings is 1. The van der Waals surface area contributed by atoms with Gasteiger partial charge in [0.2, 0.25) is 5.95 Å². The smallest absolute Gasteiger partial charge is 0.257 e. The summed E-state index contributed by atoms with van der Waals surface area (Å²) in [6.45, 7) is 6.59. The zero-order chi connectivity index (χ0) is 26.9. The quantitative estimate of drug-likeness (QED) is 0.416. The van der Waals surface area contributed by atoms with E-state index in [2.05, 4.69) is 20.6 Å². The molecular weight excluding hydrogens is 487 g/mol. The topological polar surface area (TPSA) is 101 Å². The van der Waals surface area contributed by atoms with Crippen LogP contribution in [0.1, 0.15) is 44.5 Å². The monoisotopic (exact) mass is 519 g/mol. The van der Waals surface area contributed by atoms with E-state index in [9.17, 15) is 23.1 Å². The van der Waals surface area contributed by atoms with Gasteiger partial charge in [-0.2, -0.15) is 0 Å². The number of anilines is 1. The molecule has 0 bridgehead atoms. The fourth-order valence-electron chi connectivity index (χ4n) is 4.63.